The van der Waals surface area contributed by atoms with E-state index in [1.807, 2.05) is 42.5 Å². The van der Waals surface area contributed by atoms with Gasteiger partial charge in [-0.1, -0.05) is 57.2 Å². The Morgan fingerprint density at radius 3 is 2.00 bits per heavy atom. The molecule has 1 N–H and O–H groups in total. The summed E-state index contributed by atoms with van der Waals surface area (Å²) in [5.41, 5.74) is 5.52. The Balaban J connectivity index is 1.97. The molecule has 0 radical (unpaired) electrons. The van der Waals surface area contributed by atoms with Gasteiger partial charge in [0.05, 0.1) is 7.11 Å². The van der Waals surface area contributed by atoms with Gasteiger partial charge in [-0.25, -0.2) is 0 Å². The van der Waals surface area contributed by atoms with Crippen LogP contribution in [0.15, 0.2) is 72.8 Å². The number of hydrogen-bond donors (Lipinski definition) is 1. The highest BCUT2D eigenvalue weighted by atomic mass is 16.5. The number of hydrogen-bond acceptors (Lipinski definition) is 4. The summed E-state index contributed by atoms with van der Waals surface area (Å²) < 4.78 is 11.3. The Morgan fingerprint density at radius 1 is 0.788 bits per heavy atom. The fourth-order valence-corrected chi connectivity index (χ4v) is 4.04. The van der Waals surface area contributed by atoms with Crippen molar-refractivity contribution in [2.75, 3.05) is 33.4 Å². The van der Waals surface area contributed by atoms with Gasteiger partial charge in [0.2, 0.25) is 0 Å². The molecule has 4 nitrogen and oxygen atoms in total. The first-order valence-corrected chi connectivity index (χ1v) is 11.7. The van der Waals surface area contributed by atoms with E-state index in [0.29, 0.717) is 6.61 Å². The summed E-state index contributed by atoms with van der Waals surface area (Å²) in [6, 6.07) is 23.9. The van der Waals surface area contributed by atoms with Crippen molar-refractivity contribution in [3.8, 4) is 17.2 Å². The third-order valence-corrected chi connectivity index (χ3v) is 5.94. The van der Waals surface area contributed by atoms with Crippen molar-refractivity contribution >= 4 is 11.1 Å². The fourth-order valence-electron chi connectivity index (χ4n) is 4.04. The van der Waals surface area contributed by atoms with Crippen molar-refractivity contribution < 1.29 is 14.6 Å². The third kappa shape index (κ3) is 6.39. The minimum absolute atomic E-state index is 0.256. The molecule has 0 spiro atoms. The van der Waals surface area contributed by atoms with Gasteiger partial charge < -0.3 is 19.5 Å². The average Bonchev–Trinajstić information content (AvgIpc) is 2.86. The molecule has 33 heavy (non-hydrogen) atoms. The number of methoxy groups -OCH3 is 1. The summed E-state index contributed by atoms with van der Waals surface area (Å²) in [6.45, 7) is 10.1. The number of benzene rings is 3. The number of rotatable bonds is 11. The molecule has 0 unspecified atom stereocenters. The van der Waals surface area contributed by atoms with Gasteiger partial charge in [-0.3, -0.25) is 0 Å². The predicted molar refractivity (Wildman–Crippen MR) is 137 cm³/mol. The molecule has 3 aromatic rings. The number of allylic oxidation sites excluding steroid dienone is 1. The molecule has 0 amide bonds. The summed E-state index contributed by atoms with van der Waals surface area (Å²) in [4.78, 5) is 2.35. The minimum Gasteiger partial charge on any atom is -0.508 e. The van der Waals surface area contributed by atoms with E-state index in [0.717, 1.165) is 59.8 Å². The van der Waals surface area contributed by atoms with Gasteiger partial charge >= 0.3 is 0 Å². The first kappa shape index (κ1) is 24.4. The zero-order valence-corrected chi connectivity index (χ0v) is 20.2. The number of nitrogens with zero attached hydrogens (tertiary/aromatic N) is 1. The van der Waals surface area contributed by atoms with Crippen LogP contribution in [0.5, 0.6) is 17.2 Å². The van der Waals surface area contributed by atoms with Crippen LogP contribution >= 0.6 is 0 Å². The van der Waals surface area contributed by atoms with Gasteiger partial charge in [-0.2, -0.15) is 0 Å². The second-order valence-electron chi connectivity index (χ2n) is 7.89. The van der Waals surface area contributed by atoms with Crippen LogP contribution in [0.4, 0.5) is 0 Å². The molecule has 0 aromatic heterocycles. The predicted octanol–water partition coefficient (Wildman–Crippen LogP) is 6.49. The molecule has 3 aromatic carbocycles. The lowest BCUT2D eigenvalue weighted by Crippen LogP contribution is -2.27. The molecule has 0 aliphatic carbocycles. The first-order valence-electron chi connectivity index (χ1n) is 11.7. The van der Waals surface area contributed by atoms with Gasteiger partial charge in [0.1, 0.15) is 23.9 Å². The van der Waals surface area contributed by atoms with Crippen molar-refractivity contribution in [1.82, 2.24) is 4.90 Å². The Kier molecular flexibility index (Phi) is 8.96. The van der Waals surface area contributed by atoms with E-state index in [4.69, 9.17) is 9.47 Å². The molecule has 0 aliphatic rings. The van der Waals surface area contributed by atoms with Crippen LogP contribution in [-0.4, -0.2) is 43.4 Å². The molecular weight excluding hydrogens is 410 g/mol. The maximum Gasteiger partial charge on any atom is 0.119 e. The SMILES string of the molecule is CC/C(=C(/c1ccc(OCCN(CC)CC)cc1)c1cccc(O)c1)c1ccc(OC)cc1. The maximum absolute atomic E-state index is 10.2. The number of likely N-dealkylation sites (N-methyl/N-ethyl adjacent to an activating group) is 1. The van der Waals surface area contributed by atoms with Crippen molar-refractivity contribution in [2.24, 2.45) is 0 Å². The molecule has 0 saturated carbocycles. The smallest absolute Gasteiger partial charge is 0.119 e. The van der Waals surface area contributed by atoms with Gasteiger partial charge in [0.15, 0.2) is 0 Å². The van der Waals surface area contributed by atoms with E-state index in [9.17, 15) is 5.11 Å². The first-order chi connectivity index (χ1) is 16.1. The Bertz CT molecular complexity index is 1040. The normalized spacial score (nSPS) is 11.9. The molecule has 0 fully saturated rings. The zero-order chi connectivity index (χ0) is 23.6. The average molecular weight is 446 g/mol. The lowest BCUT2D eigenvalue weighted by atomic mass is 9.88. The van der Waals surface area contributed by atoms with Crippen molar-refractivity contribution in [1.29, 1.82) is 0 Å². The van der Waals surface area contributed by atoms with E-state index in [1.165, 1.54) is 5.57 Å². The fraction of sp³-hybridized carbons (Fsp3) is 0.310. The van der Waals surface area contributed by atoms with E-state index < -0.39 is 0 Å². The van der Waals surface area contributed by atoms with Crippen molar-refractivity contribution in [3.63, 3.8) is 0 Å². The van der Waals surface area contributed by atoms with Crippen LogP contribution in [-0.2, 0) is 0 Å². The largest absolute Gasteiger partial charge is 0.508 e. The molecule has 0 heterocycles. The summed E-state index contributed by atoms with van der Waals surface area (Å²) in [5.74, 6) is 1.95. The zero-order valence-electron chi connectivity index (χ0n) is 20.2. The van der Waals surface area contributed by atoms with E-state index in [-0.39, 0.29) is 5.75 Å². The van der Waals surface area contributed by atoms with Crippen LogP contribution < -0.4 is 9.47 Å². The highest BCUT2D eigenvalue weighted by Gasteiger charge is 2.14. The third-order valence-electron chi connectivity index (χ3n) is 5.94. The Labute approximate surface area is 198 Å². The van der Waals surface area contributed by atoms with Crippen molar-refractivity contribution in [3.05, 3.63) is 89.5 Å². The van der Waals surface area contributed by atoms with Crippen LogP contribution in [0.25, 0.3) is 11.1 Å². The van der Waals surface area contributed by atoms with E-state index >= 15 is 0 Å². The van der Waals surface area contributed by atoms with Crippen LogP contribution in [0, 0.1) is 0 Å². The van der Waals surface area contributed by atoms with Gasteiger partial charge in [-0.15, -0.1) is 0 Å². The molecular formula is C29H35NO3. The van der Waals surface area contributed by atoms with Crippen LogP contribution in [0.3, 0.4) is 0 Å². The Hall–Kier alpha value is -3.24. The lowest BCUT2D eigenvalue weighted by Gasteiger charge is -2.19. The second kappa shape index (κ2) is 12.1. The summed E-state index contributed by atoms with van der Waals surface area (Å²) in [5, 5.41) is 10.2. The number of aromatic hydroxyl groups is 1. The summed E-state index contributed by atoms with van der Waals surface area (Å²) >= 11 is 0. The molecule has 174 valence electrons. The number of phenols is 1. The number of phenolic OH excluding ortho intramolecular Hbond substituents is 1. The Morgan fingerprint density at radius 2 is 1.42 bits per heavy atom. The molecule has 0 atom stereocenters. The van der Waals surface area contributed by atoms with E-state index in [2.05, 4.69) is 49.9 Å². The maximum atomic E-state index is 10.2. The molecule has 0 aliphatic heterocycles. The van der Waals surface area contributed by atoms with Crippen molar-refractivity contribution in [2.45, 2.75) is 27.2 Å². The summed E-state index contributed by atoms with van der Waals surface area (Å²) in [6.07, 6.45) is 0.847. The van der Waals surface area contributed by atoms with Gasteiger partial charge in [0.25, 0.3) is 0 Å². The van der Waals surface area contributed by atoms with Gasteiger partial charge in [-0.05, 0) is 83.7 Å². The topological polar surface area (TPSA) is 41.9 Å². The molecule has 4 heteroatoms. The quantitative estimate of drug-likeness (QED) is 0.343. The number of ether oxygens (including phenoxy) is 2. The summed E-state index contributed by atoms with van der Waals surface area (Å²) in [7, 11) is 1.68. The highest BCUT2D eigenvalue weighted by molar-refractivity contribution is 5.98. The lowest BCUT2D eigenvalue weighted by molar-refractivity contribution is 0.223. The van der Waals surface area contributed by atoms with Gasteiger partial charge in [0, 0.05) is 6.54 Å². The molecule has 3 rings (SSSR count). The van der Waals surface area contributed by atoms with Crippen LogP contribution in [0.1, 0.15) is 43.9 Å². The second-order valence-corrected chi connectivity index (χ2v) is 7.89. The molecule has 0 bridgehead atoms. The monoisotopic (exact) mass is 445 g/mol. The standard InChI is InChI=1S/C29H35NO3/c1-5-28(22-11-15-26(32-4)16-12-22)29(24-9-8-10-25(31)21-24)23-13-17-27(18-14-23)33-20-19-30(6-2)7-3/h8-18,21,31H,5-7,19-20H2,1-4H3/b29-28+. The van der Waals surface area contributed by atoms with Crippen LogP contribution in [0.2, 0.25) is 0 Å². The highest BCUT2D eigenvalue weighted by Crippen LogP contribution is 2.36. The van der Waals surface area contributed by atoms with E-state index in [1.54, 1.807) is 13.2 Å². The molecule has 0 saturated heterocycles. The minimum atomic E-state index is 0.256.